The van der Waals surface area contributed by atoms with Gasteiger partial charge in [-0.15, -0.1) is 0 Å². The number of carbonyl (C=O) groups is 1. The summed E-state index contributed by atoms with van der Waals surface area (Å²) in [5.74, 6) is 0.00481. The van der Waals surface area contributed by atoms with Crippen LogP contribution >= 0.6 is 0 Å². The van der Waals surface area contributed by atoms with Gasteiger partial charge in [0, 0.05) is 44.7 Å². The molecule has 21 heavy (non-hydrogen) atoms. The largest absolute Gasteiger partial charge is 0.370 e. The summed E-state index contributed by atoms with van der Waals surface area (Å²) in [7, 11) is 0. The molecule has 0 bridgehead atoms. The Labute approximate surface area is 126 Å². The molecule has 0 aliphatic rings. The van der Waals surface area contributed by atoms with Crippen LogP contribution in [0.25, 0.3) is 0 Å². The van der Waals surface area contributed by atoms with Crippen molar-refractivity contribution in [3.8, 4) is 0 Å². The van der Waals surface area contributed by atoms with Crippen molar-refractivity contribution in [2.75, 3.05) is 24.5 Å². The maximum atomic E-state index is 10.9. The van der Waals surface area contributed by atoms with Crippen LogP contribution in [0.5, 0.6) is 0 Å². The Kier molecular flexibility index (Phi) is 7.58. The average molecular weight is 285 g/mol. The zero-order valence-electron chi connectivity index (χ0n) is 12.7. The lowest BCUT2D eigenvalue weighted by atomic mass is 10.2. The minimum Gasteiger partial charge on any atom is -0.370 e. The van der Waals surface area contributed by atoms with Crippen LogP contribution in [0.2, 0.25) is 0 Å². The third kappa shape index (κ3) is 6.56. The van der Waals surface area contributed by atoms with E-state index in [0.717, 1.165) is 24.3 Å². The number of rotatable bonds is 8. The Bertz CT molecular complexity index is 503. The first-order valence-electron chi connectivity index (χ1n) is 7.07. The first-order valence-corrected chi connectivity index (χ1v) is 7.07. The molecule has 0 radical (unpaired) electrons. The normalized spacial score (nSPS) is 11.0. The molecule has 0 spiro atoms. The van der Waals surface area contributed by atoms with E-state index in [9.17, 15) is 4.79 Å². The van der Waals surface area contributed by atoms with Gasteiger partial charge in [-0.2, -0.15) is 0 Å². The van der Waals surface area contributed by atoms with Gasteiger partial charge in [-0.25, -0.2) is 0 Å². The van der Waals surface area contributed by atoms with Crippen LogP contribution < -0.4 is 10.2 Å². The topological polar surface area (TPSA) is 44.7 Å². The molecule has 0 aliphatic heterocycles. The van der Waals surface area contributed by atoms with Gasteiger partial charge < -0.3 is 10.2 Å². The minimum atomic E-state index is 0.00481. The van der Waals surface area contributed by atoms with Gasteiger partial charge in [0.1, 0.15) is 0 Å². The van der Waals surface area contributed by atoms with Crippen LogP contribution in [-0.2, 0) is 4.79 Å². The van der Waals surface area contributed by atoms with Crippen molar-refractivity contribution < 1.29 is 4.79 Å². The fourth-order valence-electron chi connectivity index (χ4n) is 1.85. The highest BCUT2D eigenvalue weighted by Crippen LogP contribution is 2.14. The lowest BCUT2D eigenvalue weighted by molar-refractivity contribution is -0.118. The molecule has 1 rings (SSSR count). The number of allylic oxidation sites excluding steroid dienone is 2. The highest BCUT2D eigenvalue weighted by Gasteiger charge is 2.03. The number of nitrogens with zero attached hydrogens (tertiary/aromatic N) is 2. The molecule has 1 aromatic rings. The van der Waals surface area contributed by atoms with Gasteiger partial charge >= 0.3 is 0 Å². The summed E-state index contributed by atoms with van der Waals surface area (Å²) in [5, 5.41) is 2.81. The second-order valence-corrected chi connectivity index (χ2v) is 4.51. The van der Waals surface area contributed by atoms with Gasteiger partial charge in [-0.05, 0) is 30.7 Å². The van der Waals surface area contributed by atoms with Gasteiger partial charge in [0.15, 0.2) is 0 Å². The lowest BCUT2D eigenvalue weighted by Crippen LogP contribution is -2.33. The summed E-state index contributed by atoms with van der Waals surface area (Å²) in [6, 6.07) is 8.19. The summed E-state index contributed by atoms with van der Waals surface area (Å²) in [5.41, 5.74) is 2.19. The SMILES string of the molecule is C=C/C=C\N=Cc1ccc(N(CC)CCNC(C)=O)cc1. The van der Waals surface area contributed by atoms with E-state index in [4.69, 9.17) is 0 Å². The fourth-order valence-corrected chi connectivity index (χ4v) is 1.85. The molecule has 0 atom stereocenters. The monoisotopic (exact) mass is 285 g/mol. The van der Waals surface area contributed by atoms with Crippen molar-refractivity contribution in [3.05, 3.63) is 54.8 Å². The Morgan fingerprint density at radius 2 is 2.10 bits per heavy atom. The quantitative estimate of drug-likeness (QED) is 0.589. The summed E-state index contributed by atoms with van der Waals surface area (Å²) in [4.78, 5) is 17.3. The maximum Gasteiger partial charge on any atom is 0.216 e. The first kappa shape index (κ1) is 16.7. The van der Waals surface area contributed by atoms with E-state index in [-0.39, 0.29) is 5.91 Å². The zero-order chi connectivity index (χ0) is 15.5. The van der Waals surface area contributed by atoms with Gasteiger partial charge in [0.05, 0.1) is 0 Å². The van der Waals surface area contributed by atoms with Gasteiger partial charge in [-0.1, -0.05) is 24.8 Å². The number of benzene rings is 1. The standard InChI is InChI=1S/C17H23N3O/c1-4-6-11-18-14-16-7-9-17(10-8-16)20(5-2)13-12-19-15(3)21/h4,6-11,14H,1,5,12-13H2,2-3H3,(H,19,21)/b11-6-,18-14?. The minimum absolute atomic E-state index is 0.00481. The first-order chi connectivity index (χ1) is 10.2. The molecule has 1 N–H and O–H groups in total. The summed E-state index contributed by atoms with van der Waals surface area (Å²) >= 11 is 0. The average Bonchev–Trinajstić information content (AvgIpc) is 2.49. The maximum absolute atomic E-state index is 10.9. The number of likely N-dealkylation sites (N-methyl/N-ethyl adjacent to an activating group) is 1. The van der Waals surface area contributed by atoms with E-state index in [1.165, 1.54) is 6.92 Å². The molecule has 4 heteroatoms. The Balaban J connectivity index is 2.61. The molecular weight excluding hydrogens is 262 g/mol. The molecule has 0 saturated heterocycles. The zero-order valence-corrected chi connectivity index (χ0v) is 12.7. The lowest BCUT2D eigenvalue weighted by Gasteiger charge is -2.23. The molecule has 0 unspecified atom stereocenters. The Hall–Kier alpha value is -2.36. The van der Waals surface area contributed by atoms with Crippen LogP contribution in [0.3, 0.4) is 0 Å². The molecular formula is C17H23N3O. The van der Waals surface area contributed by atoms with Crippen LogP contribution in [0, 0.1) is 0 Å². The van der Waals surface area contributed by atoms with Crippen LogP contribution in [0.15, 0.2) is 54.2 Å². The van der Waals surface area contributed by atoms with Gasteiger partial charge in [0.2, 0.25) is 5.91 Å². The second-order valence-electron chi connectivity index (χ2n) is 4.51. The fraction of sp³-hybridized carbons (Fsp3) is 0.294. The predicted octanol–water partition coefficient (Wildman–Crippen LogP) is 2.77. The van der Waals surface area contributed by atoms with Crippen molar-refractivity contribution in [1.82, 2.24) is 5.32 Å². The van der Waals surface area contributed by atoms with E-state index in [1.54, 1.807) is 24.6 Å². The number of anilines is 1. The third-order valence-corrected chi connectivity index (χ3v) is 2.93. The van der Waals surface area contributed by atoms with Crippen LogP contribution in [0.1, 0.15) is 19.4 Å². The van der Waals surface area contributed by atoms with Crippen molar-refractivity contribution >= 4 is 17.8 Å². The Morgan fingerprint density at radius 3 is 2.67 bits per heavy atom. The molecule has 1 aromatic carbocycles. The molecule has 4 nitrogen and oxygen atoms in total. The third-order valence-electron chi connectivity index (χ3n) is 2.93. The van der Waals surface area contributed by atoms with E-state index >= 15 is 0 Å². The van der Waals surface area contributed by atoms with Gasteiger partial charge in [-0.3, -0.25) is 9.79 Å². The van der Waals surface area contributed by atoms with Gasteiger partial charge in [0.25, 0.3) is 0 Å². The number of aliphatic imine (C=N–C) groups is 1. The van der Waals surface area contributed by atoms with E-state index in [2.05, 4.69) is 40.8 Å². The van der Waals surface area contributed by atoms with Crippen molar-refractivity contribution in [3.63, 3.8) is 0 Å². The summed E-state index contributed by atoms with van der Waals surface area (Å²) in [6.07, 6.45) is 6.98. The van der Waals surface area contributed by atoms with E-state index in [0.29, 0.717) is 6.54 Å². The van der Waals surface area contributed by atoms with Crippen molar-refractivity contribution in [2.45, 2.75) is 13.8 Å². The van der Waals surface area contributed by atoms with E-state index < -0.39 is 0 Å². The Morgan fingerprint density at radius 1 is 1.38 bits per heavy atom. The second kappa shape index (κ2) is 9.53. The number of amides is 1. The van der Waals surface area contributed by atoms with E-state index in [1.807, 2.05) is 12.1 Å². The summed E-state index contributed by atoms with van der Waals surface area (Å²) in [6.45, 7) is 9.57. The highest BCUT2D eigenvalue weighted by molar-refractivity contribution is 5.80. The van der Waals surface area contributed by atoms with Crippen LogP contribution in [-0.4, -0.2) is 31.8 Å². The number of hydrogen-bond acceptors (Lipinski definition) is 3. The van der Waals surface area contributed by atoms with Crippen molar-refractivity contribution in [1.29, 1.82) is 0 Å². The van der Waals surface area contributed by atoms with Crippen LogP contribution in [0.4, 0.5) is 5.69 Å². The molecule has 112 valence electrons. The molecule has 0 aliphatic carbocycles. The number of nitrogens with one attached hydrogen (secondary N) is 1. The molecule has 0 aromatic heterocycles. The molecule has 0 fully saturated rings. The highest BCUT2D eigenvalue weighted by atomic mass is 16.1. The summed E-state index contributed by atoms with van der Waals surface area (Å²) < 4.78 is 0. The van der Waals surface area contributed by atoms with Crippen molar-refractivity contribution in [2.24, 2.45) is 4.99 Å². The number of carbonyl (C=O) groups excluding carboxylic acids is 1. The molecule has 1 amide bonds. The molecule has 0 heterocycles. The number of hydrogen-bond donors (Lipinski definition) is 1. The predicted molar refractivity (Wildman–Crippen MR) is 89.9 cm³/mol. The smallest absolute Gasteiger partial charge is 0.216 e. The molecule has 0 saturated carbocycles.